The lowest BCUT2D eigenvalue weighted by molar-refractivity contribution is 0.285. The summed E-state index contributed by atoms with van der Waals surface area (Å²) in [7, 11) is -1.65. The number of ether oxygens (including phenoxy) is 2. The maximum Gasteiger partial charge on any atom is 0.243 e. The smallest absolute Gasteiger partial charge is 0.243 e. The van der Waals surface area contributed by atoms with Crippen molar-refractivity contribution in [3.05, 3.63) is 18.2 Å². The second kappa shape index (κ2) is 7.99. The third-order valence-corrected chi connectivity index (χ3v) is 5.81. The van der Waals surface area contributed by atoms with Crippen LogP contribution >= 0.6 is 0 Å². The molecule has 130 valence electrons. The molecular weight excluding hydrogens is 316 g/mol. The van der Waals surface area contributed by atoms with Crippen molar-refractivity contribution in [2.75, 3.05) is 33.4 Å². The van der Waals surface area contributed by atoms with Crippen molar-refractivity contribution in [3.8, 4) is 11.5 Å². The zero-order valence-corrected chi connectivity index (χ0v) is 14.9. The van der Waals surface area contributed by atoms with Gasteiger partial charge >= 0.3 is 0 Å². The summed E-state index contributed by atoms with van der Waals surface area (Å²) >= 11 is 0. The molecule has 0 bridgehead atoms. The van der Waals surface area contributed by atoms with Gasteiger partial charge in [0, 0.05) is 25.2 Å². The van der Waals surface area contributed by atoms with Gasteiger partial charge in [-0.1, -0.05) is 0 Å². The second-order valence-electron chi connectivity index (χ2n) is 5.47. The minimum Gasteiger partial charge on any atom is -0.490 e. The summed E-state index contributed by atoms with van der Waals surface area (Å²) in [4.78, 5) is 0.251. The molecule has 0 spiro atoms. The number of hydrogen-bond acceptors (Lipinski definition) is 5. The van der Waals surface area contributed by atoms with E-state index in [9.17, 15) is 8.42 Å². The molecule has 0 amide bonds. The normalized spacial score (nSPS) is 19.5. The highest BCUT2D eigenvalue weighted by Crippen LogP contribution is 2.32. The Labute approximate surface area is 138 Å². The van der Waals surface area contributed by atoms with Gasteiger partial charge in [-0.3, -0.25) is 0 Å². The highest BCUT2D eigenvalue weighted by atomic mass is 32.2. The average molecular weight is 342 g/mol. The highest BCUT2D eigenvalue weighted by molar-refractivity contribution is 7.89. The van der Waals surface area contributed by atoms with Gasteiger partial charge in [0.2, 0.25) is 10.0 Å². The third-order valence-electron chi connectivity index (χ3n) is 3.95. The van der Waals surface area contributed by atoms with Crippen molar-refractivity contribution in [1.82, 2.24) is 9.62 Å². The molecule has 1 unspecified atom stereocenters. The summed E-state index contributed by atoms with van der Waals surface area (Å²) in [5, 5.41) is 3.16. The number of nitrogens with one attached hydrogen (secondary N) is 1. The van der Waals surface area contributed by atoms with Gasteiger partial charge in [0.25, 0.3) is 0 Å². The standard InChI is InChI=1S/C16H26N2O4S/c1-4-21-15-9-8-14(11-16(15)22-5-2)23(19,20)18-10-6-7-13(12-18)17-3/h8-9,11,13,17H,4-7,10,12H2,1-3H3. The molecule has 2 rings (SSSR count). The maximum absolute atomic E-state index is 12.9. The summed E-state index contributed by atoms with van der Waals surface area (Å²) in [6.07, 6.45) is 1.86. The van der Waals surface area contributed by atoms with Crippen molar-refractivity contribution in [2.45, 2.75) is 37.6 Å². The second-order valence-corrected chi connectivity index (χ2v) is 7.40. The summed E-state index contributed by atoms with van der Waals surface area (Å²) in [6.45, 7) is 5.75. The predicted octanol–water partition coefficient (Wildman–Crippen LogP) is 1.86. The van der Waals surface area contributed by atoms with Gasteiger partial charge in [-0.15, -0.1) is 0 Å². The van der Waals surface area contributed by atoms with Gasteiger partial charge in [-0.05, 0) is 45.9 Å². The van der Waals surface area contributed by atoms with Gasteiger partial charge in [0.1, 0.15) is 0 Å². The summed E-state index contributed by atoms with van der Waals surface area (Å²) in [6, 6.07) is 5.02. The monoisotopic (exact) mass is 342 g/mol. The predicted molar refractivity (Wildman–Crippen MR) is 89.6 cm³/mol. The number of sulfonamides is 1. The average Bonchev–Trinajstić information content (AvgIpc) is 2.57. The van der Waals surface area contributed by atoms with E-state index in [4.69, 9.17) is 9.47 Å². The van der Waals surface area contributed by atoms with Crippen LogP contribution in [0.3, 0.4) is 0 Å². The van der Waals surface area contributed by atoms with E-state index in [2.05, 4.69) is 5.32 Å². The molecule has 1 atom stereocenters. The van der Waals surface area contributed by atoms with Crippen LogP contribution in [-0.4, -0.2) is 52.1 Å². The Balaban J connectivity index is 2.30. The molecule has 0 saturated carbocycles. The van der Waals surface area contributed by atoms with Crippen LogP contribution in [0.25, 0.3) is 0 Å². The maximum atomic E-state index is 12.9. The zero-order valence-electron chi connectivity index (χ0n) is 14.0. The lowest BCUT2D eigenvalue weighted by Gasteiger charge is -2.31. The van der Waals surface area contributed by atoms with E-state index in [-0.39, 0.29) is 10.9 Å². The molecule has 6 nitrogen and oxygen atoms in total. The van der Waals surface area contributed by atoms with Crippen molar-refractivity contribution >= 4 is 10.0 Å². The highest BCUT2D eigenvalue weighted by Gasteiger charge is 2.30. The van der Waals surface area contributed by atoms with Crippen LogP contribution in [0.2, 0.25) is 0 Å². The quantitative estimate of drug-likeness (QED) is 0.819. The molecule has 0 radical (unpaired) electrons. The molecule has 1 aromatic carbocycles. The molecule has 0 aromatic heterocycles. The van der Waals surface area contributed by atoms with Gasteiger partial charge in [-0.2, -0.15) is 4.31 Å². The molecule has 7 heteroatoms. The Kier molecular flexibility index (Phi) is 6.26. The Hall–Kier alpha value is -1.31. The summed E-state index contributed by atoms with van der Waals surface area (Å²) < 4.78 is 38.3. The van der Waals surface area contributed by atoms with Crippen LogP contribution < -0.4 is 14.8 Å². The fraction of sp³-hybridized carbons (Fsp3) is 0.625. The fourth-order valence-electron chi connectivity index (χ4n) is 2.74. The Morgan fingerprint density at radius 1 is 1.22 bits per heavy atom. The molecule has 1 N–H and O–H groups in total. The van der Waals surface area contributed by atoms with Crippen LogP contribution in [0.1, 0.15) is 26.7 Å². The minimum atomic E-state index is -3.52. The number of benzene rings is 1. The molecule has 1 fully saturated rings. The summed E-state index contributed by atoms with van der Waals surface area (Å²) in [5.41, 5.74) is 0. The van der Waals surface area contributed by atoms with Crippen molar-refractivity contribution < 1.29 is 17.9 Å². The Morgan fingerprint density at radius 3 is 2.57 bits per heavy atom. The van der Waals surface area contributed by atoms with E-state index < -0.39 is 10.0 Å². The first-order chi connectivity index (χ1) is 11.0. The molecule has 1 aromatic rings. The van der Waals surface area contributed by atoms with E-state index in [1.54, 1.807) is 22.5 Å². The topological polar surface area (TPSA) is 67.9 Å². The first-order valence-corrected chi connectivity index (χ1v) is 9.54. The molecule has 1 saturated heterocycles. The lowest BCUT2D eigenvalue weighted by atomic mass is 10.1. The summed E-state index contributed by atoms with van der Waals surface area (Å²) in [5.74, 6) is 1.04. The van der Waals surface area contributed by atoms with Gasteiger partial charge < -0.3 is 14.8 Å². The molecule has 0 aliphatic carbocycles. The number of hydrogen-bond donors (Lipinski definition) is 1. The van der Waals surface area contributed by atoms with Crippen LogP contribution in [0, 0.1) is 0 Å². The van der Waals surface area contributed by atoms with E-state index in [1.807, 2.05) is 20.9 Å². The van der Waals surface area contributed by atoms with E-state index in [0.29, 0.717) is 37.8 Å². The first-order valence-electron chi connectivity index (χ1n) is 8.10. The Bertz CT molecular complexity index is 619. The van der Waals surface area contributed by atoms with Crippen LogP contribution in [0.15, 0.2) is 23.1 Å². The third kappa shape index (κ3) is 4.16. The molecule has 1 heterocycles. The molecule has 1 aliphatic rings. The molecule has 23 heavy (non-hydrogen) atoms. The number of piperidine rings is 1. The molecular formula is C16H26N2O4S. The lowest BCUT2D eigenvalue weighted by Crippen LogP contribution is -2.46. The fourth-order valence-corrected chi connectivity index (χ4v) is 4.28. The van der Waals surface area contributed by atoms with E-state index in [0.717, 1.165) is 12.8 Å². The van der Waals surface area contributed by atoms with Gasteiger partial charge in [-0.25, -0.2) is 8.42 Å². The van der Waals surface area contributed by atoms with Crippen molar-refractivity contribution in [2.24, 2.45) is 0 Å². The van der Waals surface area contributed by atoms with Gasteiger partial charge in [0.05, 0.1) is 18.1 Å². The van der Waals surface area contributed by atoms with Crippen LogP contribution in [0.5, 0.6) is 11.5 Å². The van der Waals surface area contributed by atoms with E-state index >= 15 is 0 Å². The van der Waals surface area contributed by atoms with Crippen LogP contribution in [0.4, 0.5) is 0 Å². The Morgan fingerprint density at radius 2 is 1.91 bits per heavy atom. The van der Waals surface area contributed by atoms with Crippen LogP contribution in [-0.2, 0) is 10.0 Å². The van der Waals surface area contributed by atoms with Gasteiger partial charge in [0.15, 0.2) is 11.5 Å². The van der Waals surface area contributed by atoms with Crippen molar-refractivity contribution in [1.29, 1.82) is 0 Å². The first kappa shape index (κ1) is 18.0. The number of nitrogens with zero attached hydrogens (tertiary/aromatic N) is 1. The SMILES string of the molecule is CCOc1ccc(S(=O)(=O)N2CCCC(NC)C2)cc1OCC. The van der Waals surface area contributed by atoms with Crippen molar-refractivity contribution in [3.63, 3.8) is 0 Å². The van der Waals surface area contributed by atoms with E-state index in [1.165, 1.54) is 0 Å². The number of likely N-dealkylation sites (N-methyl/N-ethyl adjacent to an activating group) is 1. The minimum absolute atomic E-state index is 0.201. The number of rotatable bonds is 7. The zero-order chi connectivity index (χ0) is 16.9. The molecule has 1 aliphatic heterocycles. The largest absolute Gasteiger partial charge is 0.490 e.